The number of nitrogens with zero attached hydrogens (tertiary/aromatic N) is 2. The molecule has 2 amide bonds. The lowest BCUT2D eigenvalue weighted by Gasteiger charge is -2.44. The lowest BCUT2D eigenvalue weighted by atomic mass is 9.90. The number of hydrogen-bond acceptors (Lipinski definition) is 4. The summed E-state index contributed by atoms with van der Waals surface area (Å²) in [5, 5.41) is 0. The Balaban J connectivity index is 1.42. The summed E-state index contributed by atoms with van der Waals surface area (Å²) >= 11 is 0. The molecule has 25 heavy (non-hydrogen) atoms. The summed E-state index contributed by atoms with van der Waals surface area (Å²) in [5.41, 5.74) is 0.754. The van der Waals surface area contributed by atoms with Gasteiger partial charge in [0.15, 0.2) is 6.61 Å². The van der Waals surface area contributed by atoms with Crippen molar-refractivity contribution < 1.29 is 19.1 Å². The number of ether oxygens (including phenoxy) is 2. The van der Waals surface area contributed by atoms with E-state index in [1.54, 1.807) is 4.90 Å². The zero-order chi connectivity index (χ0) is 17.2. The molecule has 1 aromatic carbocycles. The zero-order valence-electron chi connectivity index (χ0n) is 14.4. The second kappa shape index (κ2) is 7.04. The first-order valence-corrected chi connectivity index (χ1v) is 9.17. The largest absolute Gasteiger partial charge is 0.482 e. The Kier molecular flexibility index (Phi) is 4.61. The smallest absolute Gasteiger partial charge is 0.265 e. The number of amides is 2. The first-order valence-electron chi connectivity index (χ1n) is 9.17. The average Bonchev–Trinajstić information content (AvgIpc) is 2.66. The van der Waals surface area contributed by atoms with E-state index in [0.29, 0.717) is 31.9 Å². The minimum Gasteiger partial charge on any atom is -0.482 e. The number of anilines is 1. The van der Waals surface area contributed by atoms with Crippen LogP contribution >= 0.6 is 0 Å². The fraction of sp³-hybridized carbons (Fsp3) is 0.579. The van der Waals surface area contributed by atoms with Crippen molar-refractivity contribution in [2.75, 3.05) is 31.2 Å². The first kappa shape index (κ1) is 16.4. The Hall–Kier alpha value is -2.08. The predicted octanol–water partition coefficient (Wildman–Crippen LogP) is 1.97. The van der Waals surface area contributed by atoms with Crippen molar-refractivity contribution in [3.63, 3.8) is 0 Å². The number of rotatable bonds is 3. The molecule has 0 N–H and O–H groups in total. The molecular weight excluding hydrogens is 320 g/mol. The van der Waals surface area contributed by atoms with Crippen molar-refractivity contribution in [2.45, 2.75) is 44.2 Å². The number of carbonyl (C=O) groups is 2. The minimum absolute atomic E-state index is 0.0352. The molecule has 1 saturated heterocycles. The van der Waals surface area contributed by atoms with Gasteiger partial charge in [0.25, 0.3) is 5.91 Å². The second-order valence-electron chi connectivity index (χ2n) is 6.90. The highest BCUT2D eigenvalue weighted by Gasteiger charge is 2.36. The monoisotopic (exact) mass is 344 g/mol. The maximum atomic E-state index is 12.8. The summed E-state index contributed by atoms with van der Waals surface area (Å²) in [4.78, 5) is 28.7. The summed E-state index contributed by atoms with van der Waals surface area (Å²) < 4.78 is 11.3. The molecule has 2 heterocycles. The Labute approximate surface area is 147 Å². The van der Waals surface area contributed by atoms with E-state index in [-0.39, 0.29) is 30.6 Å². The van der Waals surface area contributed by atoms with E-state index >= 15 is 0 Å². The third kappa shape index (κ3) is 3.23. The normalized spacial score (nSPS) is 25.8. The molecule has 1 aromatic rings. The van der Waals surface area contributed by atoms with Crippen LogP contribution in [0.25, 0.3) is 0 Å². The molecule has 0 bridgehead atoms. The SMILES string of the molecule is O=C1COc2ccccc2N1CCC(=O)N1CCOC2CCCCC21. The molecular formula is C19H24N2O4. The summed E-state index contributed by atoms with van der Waals surface area (Å²) in [5.74, 6) is 0.731. The van der Waals surface area contributed by atoms with Crippen LogP contribution in [0.1, 0.15) is 32.1 Å². The number of morpholine rings is 1. The number of fused-ring (bicyclic) bond motifs is 2. The molecule has 2 atom stereocenters. The number of carbonyl (C=O) groups excluding carboxylic acids is 2. The third-order valence-corrected chi connectivity index (χ3v) is 5.41. The summed E-state index contributed by atoms with van der Waals surface area (Å²) in [7, 11) is 0. The highest BCUT2D eigenvalue weighted by molar-refractivity contribution is 5.98. The average molecular weight is 344 g/mol. The van der Waals surface area contributed by atoms with E-state index in [1.165, 1.54) is 6.42 Å². The van der Waals surface area contributed by atoms with E-state index < -0.39 is 0 Å². The van der Waals surface area contributed by atoms with Gasteiger partial charge in [-0.05, 0) is 25.0 Å². The molecule has 3 aliphatic rings. The van der Waals surface area contributed by atoms with Crippen LogP contribution in [0.15, 0.2) is 24.3 Å². The molecule has 4 rings (SSSR count). The summed E-state index contributed by atoms with van der Waals surface area (Å²) in [6, 6.07) is 7.69. The van der Waals surface area contributed by atoms with E-state index in [1.807, 2.05) is 29.2 Å². The van der Waals surface area contributed by atoms with Crippen molar-refractivity contribution in [1.82, 2.24) is 4.90 Å². The van der Waals surface area contributed by atoms with E-state index in [0.717, 1.165) is 24.9 Å². The standard InChI is InChI=1S/C19H24N2O4/c22-18(21-11-12-24-16-7-3-1-5-14(16)21)9-10-20-15-6-2-4-8-17(15)25-13-19(20)23/h2,4,6,8,14,16H,1,3,5,7,9-13H2. The molecule has 134 valence electrons. The topological polar surface area (TPSA) is 59.1 Å². The number of hydrogen-bond donors (Lipinski definition) is 0. The molecule has 0 aromatic heterocycles. The van der Waals surface area contributed by atoms with Crippen molar-refractivity contribution in [3.8, 4) is 5.75 Å². The molecule has 2 fully saturated rings. The van der Waals surface area contributed by atoms with Gasteiger partial charge in [-0.2, -0.15) is 0 Å². The van der Waals surface area contributed by atoms with Gasteiger partial charge in [0.2, 0.25) is 5.91 Å². The highest BCUT2D eigenvalue weighted by atomic mass is 16.5. The Morgan fingerprint density at radius 3 is 2.96 bits per heavy atom. The summed E-state index contributed by atoms with van der Waals surface area (Å²) in [6.07, 6.45) is 4.94. The van der Waals surface area contributed by atoms with Crippen molar-refractivity contribution in [1.29, 1.82) is 0 Å². The van der Waals surface area contributed by atoms with Crippen LogP contribution < -0.4 is 9.64 Å². The van der Waals surface area contributed by atoms with Gasteiger partial charge in [0.1, 0.15) is 5.75 Å². The molecule has 6 nitrogen and oxygen atoms in total. The van der Waals surface area contributed by atoms with E-state index in [2.05, 4.69) is 0 Å². The van der Waals surface area contributed by atoms with Crippen LogP contribution in [0.4, 0.5) is 5.69 Å². The van der Waals surface area contributed by atoms with Gasteiger partial charge in [0, 0.05) is 19.5 Å². The van der Waals surface area contributed by atoms with Crippen LogP contribution in [0, 0.1) is 0 Å². The summed E-state index contributed by atoms with van der Waals surface area (Å²) in [6.45, 7) is 1.71. The van der Waals surface area contributed by atoms with Gasteiger partial charge in [-0.15, -0.1) is 0 Å². The molecule has 1 saturated carbocycles. The molecule has 1 aliphatic carbocycles. The first-order chi connectivity index (χ1) is 12.2. The second-order valence-corrected chi connectivity index (χ2v) is 6.90. The third-order valence-electron chi connectivity index (χ3n) is 5.41. The fourth-order valence-electron chi connectivity index (χ4n) is 4.16. The minimum atomic E-state index is -0.0935. The quantitative estimate of drug-likeness (QED) is 0.841. The zero-order valence-corrected chi connectivity index (χ0v) is 14.4. The molecule has 2 aliphatic heterocycles. The van der Waals surface area contributed by atoms with Crippen LogP contribution in [-0.4, -0.2) is 55.2 Å². The molecule has 2 unspecified atom stereocenters. The van der Waals surface area contributed by atoms with Crippen molar-refractivity contribution >= 4 is 17.5 Å². The maximum Gasteiger partial charge on any atom is 0.265 e. The van der Waals surface area contributed by atoms with Crippen LogP contribution in [0.2, 0.25) is 0 Å². The van der Waals surface area contributed by atoms with Gasteiger partial charge < -0.3 is 19.3 Å². The van der Waals surface area contributed by atoms with Gasteiger partial charge in [-0.1, -0.05) is 25.0 Å². The maximum absolute atomic E-state index is 12.8. The molecule has 0 spiro atoms. The van der Waals surface area contributed by atoms with Crippen LogP contribution in [-0.2, 0) is 14.3 Å². The van der Waals surface area contributed by atoms with E-state index in [4.69, 9.17) is 9.47 Å². The van der Waals surface area contributed by atoms with Crippen molar-refractivity contribution in [2.24, 2.45) is 0 Å². The highest BCUT2D eigenvalue weighted by Crippen LogP contribution is 2.32. The van der Waals surface area contributed by atoms with Crippen LogP contribution in [0.5, 0.6) is 5.75 Å². The fourth-order valence-corrected chi connectivity index (χ4v) is 4.16. The van der Waals surface area contributed by atoms with Gasteiger partial charge in [0.05, 0.1) is 24.4 Å². The van der Waals surface area contributed by atoms with Gasteiger partial charge in [-0.25, -0.2) is 0 Å². The van der Waals surface area contributed by atoms with Crippen molar-refractivity contribution in [3.05, 3.63) is 24.3 Å². The molecule has 0 radical (unpaired) electrons. The lowest BCUT2D eigenvalue weighted by Crippen LogP contribution is -2.55. The lowest BCUT2D eigenvalue weighted by molar-refractivity contribution is -0.149. The Morgan fingerprint density at radius 2 is 2.04 bits per heavy atom. The molecule has 6 heteroatoms. The number of para-hydroxylation sites is 2. The van der Waals surface area contributed by atoms with Gasteiger partial charge >= 0.3 is 0 Å². The number of benzene rings is 1. The Morgan fingerprint density at radius 1 is 1.20 bits per heavy atom. The predicted molar refractivity (Wildman–Crippen MR) is 92.6 cm³/mol. The van der Waals surface area contributed by atoms with Crippen LogP contribution in [0.3, 0.4) is 0 Å². The van der Waals surface area contributed by atoms with E-state index in [9.17, 15) is 9.59 Å². The van der Waals surface area contributed by atoms with Gasteiger partial charge in [-0.3, -0.25) is 9.59 Å². The Bertz CT molecular complexity index is 661.